The zero-order valence-electron chi connectivity index (χ0n) is 9.78. The van der Waals surface area contributed by atoms with Gasteiger partial charge in [0.25, 0.3) is 0 Å². The number of fused-ring (bicyclic) bond motifs is 1. The van der Waals surface area contributed by atoms with Crippen molar-refractivity contribution in [2.45, 2.75) is 57.4 Å². The average Bonchev–Trinajstić information content (AvgIpc) is 2.57. The topological polar surface area (TPSA) is 38.1 Å². The monoisotopic (exact) mass is 220 g/mol. The summed E-state index contributed by atoms with van der Waals surface area (Å²) in [5.74, 6) is 2.04. The first kappa shape index (κ1) is 10.3. The van der Waals surface area contributed by atoms with Crippen LogP contribution in [0.4, 0.5) is 0 Å². The van der Waals surface area contributed by atoms with E-state index in [1.165, 1.54) is 49.3 Å². The Bertz CT molecular complexity index is 380. The largest absolute Gasteiger partial charge is 0.396 e. The molecular formula is C13H20N2O. The smallest absolute Gasteiger partial charge is 0.112 e. The average molecular weight is 220 g/mol. The molecule has 1 fully saturated rings. The summed E-state index contributed by atoms with van der Waals surface area (Å²) < 4.78 is 2.46. The van der Waals surface area contributed by atoms with Crippen LogP contribution in [0.2, 0.25) is 0 Å². The molecule has 0 aromatic carbocycles. The number of aliphatic hydroxyl groups is 1. The van der Waals surface area contributed by atoms with Crippen molar-refractivity contribution in [1.29, 1.82) is 0 Å². The van der Waals surface area contributed by atoms with Gasteiger partial charge in [0.1, 0.15) is 5.82 Å². The fourth-order valence-electron chi connectivity index (χ4n) is 2.93. The molecule has 0 saturated heterocycles. The van der Waals surface area contributed by atoms with Crippen LogP contribution in [0, 0.1) is 0 Å². The van der Waals surface area contributed by atoms with Gasteiger partial charge in [0, 0.05) is 31.2 Å². The van der Waals surface area contributed by atoms with Crippen LogP contribution >= 0.6 is 0 Å². The second-order valence-electron chi connectivity index (χ2n) is 5.07. The Hall–Kier alpha value is -0.830. The van der Waals surface area contributed by atoms with Gasteiger partial charge in [0.05, 0.1) is 5.69 Å². The molecule has 3 heteroatoms. The van der Waals surface area contributed by atoms with E-state index in [-0.39, 0.29) is 6.61 Å². The Balaban J connectivity index is 1.96. The number of hydrogen-bond acceptors (Lipinski definition) is 2. The van der Waals surface area contributed by atoms with Crippen molar-refractivity contribution in [2.24, 2.45) is 0 Å². The van der Waals surface area contributed by atoms with Gasteiger partial charge in [-0.2, -0.15) is 0 Å². The molecule has 2 aliphatic rings. The quantitative estimate of drug-likeness (QED) is 0.846. The van der Waals surface area contributed by atoms with Gasteiger partial charge in [-0.15, -0.1) is 0 Å². The summed E-state index contributed by atoms with van der Waals surface area (Å²) in [5, 5.41) is 9.09. The second kappa shape index (κ2) is 4.21. The highest BCUT2D eigenvalue weighted by Crippen LogP contribution is 2.37. The maximum Gasteiger partial charge on any atom is 0.112 e. The Morgan fingerprint density at radius 1 is 1.25 bits per heavy atom. The molecule has 88 valence electrons. The molecule has 0 atom stereocenters. The highest BCUT2D eigenvalue weighted by Gasteiger charge is 2.28. The van der Waals surface area contributed by atoms with Gasteiger partial charge in [-0.3, -0.25) is 0 Å². The lowest BCUT2D eigenvalue weighted by Crippen LogP contribution is -2.19. The lowest BCUT2D eigenvalue weighted by atomic mass is 9.84. The summed E-state index contributed by atoms with van der Waals surface area (Å²) in [5.41, 5.74) is 2.59. The molecule has 1 aliphatic heterocycles. The van der Waals surface area contributed by atoms with Crippen LogP contribution in [-0.2, 0) is 19.4 Å². The van der Waals surface area contributed by atoms with Crippen molar-refractivity contribution in [3.8, 4) is 0 Å². The zero-order valence-corrected chi connectivity index (χ0v) is 9.78. The summed E-state index contributed by atoms with van der Waals surface area (Å²) in [6.07, 6.45) is 8.47. The number of nitrogens with zero attached hydrogens (tertiary/aromatic N) is 2. The molecule has 0 unspecified atom stereocenters. The van der Waals surface area contributed by atoms with Crippen molar-refractivity contribution in [2.75, 3.05) is 6.61 Å². The summed E-state index contributed by atoms with van der Waals surface area (Å²) in [6, 6.07) is 0. The molecule has 1 aliphatic carbocycles. The highest BCUT2D eigenvalue weighted by molar-refractivity contribution is 5.22. The predicted molar refractivity (Wildman–Crippen MR) is 62.5 cm³/mol. The van der Waals surface area contributed by atoms with Crippen molar-refractivity contribution < 1.29 is 5.11 Å². The highest BCUT2D eigenvalue weighted by atomic mass is 16.3. The van der Waals surface area contributed by atoms with Crippen LogP contribution in [0.15, 0.2) is 0 Å². The third-order valence-electron chi connectivity index (χ3n) is 4.05. The molecule has 0 radical (unpaired) electrons. The van der Waals surface area contributed by atoms with Crippen molar-refractivity contribution in [3.05, 3.63) is 17.2 Å². The Kier molecular flexibility index (Phi) is 2.72. The summed E-state index contributed by atoms with van der Waals surface area (Å²) in [7, 11) is 0. The van der Waals surface area contributed by atoms with Crippen LogP contribution in [0.3, 0.4) is 0 Å². The van der Waals surface area contributed by atoms with Gasteiger partial charge in [-0.05, 0) is 32.1 Å². The van der Waals surface area contributed by atoms with Crippen molar-refractivity contribution >= 4 is 0 Å². The Morgan fingerprint density at radius 3 is 2.81 bits per heavy atom. The first-order chi connectivity index (χ1) is 7.90. The molecule has 2 heterocycles. The van der Waals surface area contributed by atoms with Gasteiger partial charge in [-0.1, -0.05) is 6.42 Å². The predicted octanol–water partition coefficient (Wildman–Crippen LogP) is 2.02. The van der Waals surface area contributed by atoms with E-state index in [2.05, 4.69) is 4.57 Å². The van der Waals surface area contributed by atoms with Crippen molar-refractivity contribution in [1.82, 2.24) is 9.55 Å². The number of hydrogen-bond donors (Lipinski definition) is 1. The number of rotatable bonds is 3. The molecule has 1 N–H and O–H groups in total. The zero-order chi connectivity index (χ0) is 11.0. The molecule has 1 aromatic rings. The summed E-state index contributed by atoms with van der Waals surface area (Å²) in [6.45, 7) is 1.38. The van der Waals surface area contributed by atoms with Crippen LogP contribution in [0.5, 0.6) is 0 Å². The summed E-state index contributed by atoms with van der Waals surface area (Å²) >= 11 is 0. The molecular weight excluding hydrogens is 200 g/mol. The third-order valence-corrected chi connectivity index (χ3v) is 4.05. The standard InChI is InChI=1S/C13H20N2O/c16-9-7-11-12-6-1-2-8-15(12)13(14-11)10-4-3-5-10/h10,16H,1-9H2. The van der Waals surface area contributed by atoms with E-state index >= 15 is 0 Å². The maximum atomic E-state index is 9.09. The first-order valence-corrected chi connectivity index (χ1v) is 6.59. The van der Waals surface area contributed by atoms with E-state index in [1.807, 2.05) is 0 Å². The first-order valence-electron chi connectivity index (χ1n) is 6.59. The molecule has 0 amide bonds. The Morgan fingerprint density at radius 2 is 2.12 bits per heavy atom. The van der Waals surface area contributed by atoms with Gasteiger partial charge in [-0.25, -0.2) is 4.98 Å². The van der Waals surface area contributed by atoms with Crippen LogP contribution < -0.4 is 0 Å². The molecule has 16 heavy (non-hydrogen) atoms. The molecule has 0 spiro atoms. The van der Waals surface area contributed by atoms with Gasteiger partial charge in [0.2, 0.25) is 0 Å². The number of imidazole rings is 1. The molecule has 1 aromatic heterocycles. The normalized spacial score (nSPS) is 20.6. The number of aromatic nitrogens is 2. The van der Waals surface area contributed by atoms with E-state index < -0.39 is 0 Å². The fourth-order valence-corrected chi connectivity index (χ4v) is 2.93. The minimum absolute atomic E-state index is 0.230. The maximum absolute atomic E-state index is 9.09. The van der Waals surface area contributed by atoms with Crippen LogP contribution in [0.1, 0.15) is 55.2 Å². The van der Waals surface area contributed by atoms with E-state index in [0.717, 1.165) is 19.4 Å². The molecule has 3 rings (SSSR count). The van der Waals surface area contributed by atoms with E-state index in [0.29, 0.717) is 5.92 Å². The van der Waals surface area contributed by atoms with Gasteiger partial charge < -0.3 is 9.67 Å². The fraction of sp³-hybridized carbons (Fsp3) is 0.769. The molecule has 3 nitrogen and oxygen atoms in total. The Labute approximate surface area is 96.5 Å². The third kappa shape index (κ3) is 1.58. The minimum Gasteiger partial charge on any atom is -0.396 e. The minimum atomic E-state index is 0.230. The van der Waals surface area contributed by atoms with E-state index in [1.54, 1.807) is 0 Å². The molecule has 0 bridgehead atoms. The van der Waals surface area contributed by atoms with Crippen LogP contribution in [0.25, 0.3) is 0 Å². The molecule has 1 saturated carbocycles. The van der Waals surface area contributed by atoms with Gasteiger partial charge >= 0.3 is 0 Å². The van der Waals surface area contributed by atoms with Crippen LogP contribution in [-0.4, -0.2) is 21.3 Å². The summed E-state index contributed by atoms with van der Waals surface area (Å²) in [4.78, 5) is 4.81. The second-order valence-corrected chi connectivity index (χ2v) is 5.07. The van der Waals surface area contributed by atoms with Crippen molar-refractivity contribution in [3.63, 3.8) is 0 Å². The lowest BCUT2D eigenvalue weighted by Gasteiger charge is -2.27. The van der Waals surface area contributed by atoms with E-state index in [9.17, 15) is 0 Å². The van der Waals surface area contributed by atoms with E-state index in [4.69, 9.17) is 10.1 Å². The SMILES string of the molecule is OCCc1nc(C2CCC2)n2c1CCCC2. The lowest BCUT2D eigenvalue weighted by molar-refractivity contribution is 0.297. The number of aliphatic hydroxyl groups excluding tert-OH is 1. The van der Waals surface area contributed by atoms with Gasteiger partial charge in [0.15, 0.2) is 0 Å².